The van der Waals surface area contributed by atoms with Crippen LogP contribution in [0.5, 0.6) is 5.75 Å². The molecule has 0 unspecified atom stereocenters. The summed E-state index contributed by atoms with van der Waals surface area (Å²) in [5.74, 6) is -0.123. The van der Waals surface area contributed by atoms with E-state index in [1.807, 2.05) is 0 Å². The van der Waals surface area contributed by atoms with Crippen molar-refractivity contribution in [1.29, 1.82) is 0 Å². The van der Waals surface area contributed by atoms with Crippen LogP contribution < -0.4 is 10.1 Å². The smallest absolute Gasteiger partial charge is 0.387 e. The van der Waals surface area contributed by atoms with Crippen molar-refractivity contribution in [2.75, 3.05) is 0 Å². The lowest BCUT2D eigenvalue weighted by molar-refractivity contribution is -0.0499. The SMILES string of the molecule is O=C(N[C@H]1CCCc2cc(OC(F)F)ccc21)c1cnn2cccnc12. The first-order chi connectivity index (χ1) is 12.6. The molecule has 1 aromatic carbocycles. The molecule has 3 aromatic rings. The van der Waals surface area contributed by atoms with Crippen molar-refractivity contribution >= 4 is 11.6 Å². The second kappa shape index (κ2) is 6.70. The van der Waals surface area contributed by atoms with Crippen molar-refractivity contribution in [2.24, 2.45) is 0 Å². The number of aryl methyl sites for hydroxylation is 1. The number of aromatic nitrogens is 3. The molecular weight excluding hydrogens is 342 g/mol. The van der Waals surface area contributed by atoms with Crippen molar-refractivity contribution in [2.45, 2.75) is 31.9 Å². The van der Waals surface area contributed by atoms with Crippen LogP contribution in [0, 0.1) is 0 Å². The molecule has 1 aliphatic carbocycles. The molecule has 0 bridgehead atoms. The fourth-order valence-electron chi connectivity index (χ4n) is 3.34. The third kappa shape index (κ3) is 3.10. The number of hydrogen-bond donors (Lipinski definition) is 1. The topological polar surface area (TPSA) is 68.5 Å². The van der Waals surface area contributed by atoms with Gasteiger partial charge >= 0.3 is 6.61 Å². The highest BCUT2D eigenvalue weighted by Gasteiger charge is 2.24. The Balaban J connectivity index is 1.57. The van der Waals surface area contributed by atoms with Crippen molar-refractivity contribution < 1.29 is 18.3 Å². The van der Waals surface area contributed by atoms with E-state index in [2.05, 4.69) is 20.1 Å². The summed E-state index contributed by atoms with van der Waals surface area (Å²) in [7, 11) is 0. The van der Waals surface area contributed by atoms with Crippen LogP contribution >= 0.6 is 0 Å². The van der Waals surface area contributed by atoms with Gasteiger partial charge < -0.3 is 10.1 Å². The summed E-state index contributed by atoms with van der Waals surface area (Å²) in [5, 5.41) is 7.13. The van der Waals surface area contributed by atoms with Crippen LogP contribution in [0.25, 0.3) is 5.65 Å². The lowest BCUT2D eigenvalue weighted by Gasteiger charge is -2.26. The molecule has 134 valence electrons. The van der Waals surface area contributed by atoms with E-state index in [0.29, 0.717) is 11.2 Å². The summed E-state index contributed by atoms with van der Waals surface area (Å²) in [6.07, 6.45) is 7.21. The van der Waals surface area contributed by atoms with Gasteiger partial charge in [-0.25, -0.2) is 9.50 Å². The number of carbonyl (C=O) groups is 1. The molecular formula is C18H16F2N4O2. The number of fused-ring (bicyclic) bond motifs is 2. The lowest BCUT2D eigenvalue weighted by atomic mass is 9.87. The van der Waals surface area contributed by atoms with Crippen molar-refractivity contribution in [3.63, 3.8) is 0 Å². The van der Waals surface area contributed by atoms with E-state index >= 15 is 0 Å². The third-order valence-corrected chi connectivity index (χ3v) is 4.48. The molecule has 0 saturated carbocycles. The van der Waals surface area contributed by atoms with E-state index in [1.165, 1.54) is 16.8 Å². The zero-order valence-corrected chi connectivity index (χ0v) is 13.7. The number of alkyl halides is 2. The summed E-state index contributed by atoms with van der Waals surface area (Å²) >= 11 is 0. The van der Waals surface area contributed by atoms with E-state index in [-0.39, 0.29) is 17.7 Å². The third-order valence-electron chi connectivity index (χ3n) is 4.48. The molecule has 8 heteroatoms. The van der Waals surface area contributed by atoms with Gasteiger partial charge in [-0.15, -0.1) is 0 Å². The summed E-state index contributed by atoms with van der Waals surface area (Å²) < 4.78 is 30.8. The summed E-state index contributed by atoms with van der Waals surface area (Å²) in [6, 6.07) is 6.41. The van der Waals surface area contributed by atoms with Crippen LogP contribution in [0.3, 0.4) is 0 Å². The van der Waals surface area contributed by atoms with Crippen LogP contribution in [0.2, 0.25) is 0 Å². The Morgan fingerprint density at radius 3 is 3.12 bits per heavy atom. The number of nitrogens with zero attached hydrogens (tertiary/aromatic N) is 3. The van der Waals surface area contributed by atoms with Gasteiger partial charge in [0, 0.05) is 12.4 Å². The Hall–Kier alpha value is -3.03. The maximum atomic E-state index is 12.7. The molecule has 1 aliphatic rings. The van der Waals surface area contributed by atoms with E-state index < -0.39 is 6.61 Å². The van der Waals surface area contributed by atoms with Gasteiger partial charge in [0.25, 0.3) is 5.91 Å². The quantitative estimate of drug-likeness (QED) is 0.778. The Morgan fingerprint density at radius 2 is 2.27 bits per heavy atom. The highest BCUT2D eigenvalue weighted by molar-refractivity contribution is 5.99. The highest BCUT2D eigenvalue weighted by Crippen LogP contribution is 2.33. The van der Waals surface area contributed by atoms with E-state index in [0.717, 1.165) is 30.4 Å². The standard InChI is InChI=1S/C18H16F2N4O2/c19-18(20)26-12-5-6-13-11(9-12)3-1-4-15(13)23-17(25)14-10-22-24-8-2-7-21-16(14)24/h2,5-10,15,18H,1,3-4H2,(H,23,25)/t15-/m0/s1. The monoisotopic (exact) mass is 358 g/mol. The van der Waals surface area contributed by atoms with Crippen LogP contribution in [-0.2, 0) is 6.42 Å². The van der Waals surface area contributed by atoms with Gasteiger partial charge in [0.15, 0.2) is 5.65 Å². The van der Waals surface area contributed by atoms with Crippen LogP contribution in [0.15, 0.2) is 42.9 Å². The number of halogens is 2. The predicted molar refractivity (Wildman–Crippen MR) is 89.2 cm³/mol. The average Bonchev–Trinajstić information content (AvgIpc) is 3.05. The second-order valence-electron chi connectivity index (χ2n) is 6.10. The number of hydrogen-bond acceptors (Lipinski definition) is 4. The average molecular weight is 358 g/mol. The lowest BCUT2D eigenvalue weighted by Crippen LogP contribution is -2.31. The second-order valence-corrected chi connectivity index (χ2v) is 6.10. The van der Waals surface area contributed by atoms with Gasteiger partial charge in [0.2, 0.25) is 0 Å². The minimum Gasteiger partial charge on any atom is -0.435 e. The number of ether oxygens (including phenoxy) is 1. The molecule has 0 radical (unpaired) electrons. The zero-order chi connectivity index (χ0) is 18.1. The molecule has 26 heavy (non-hydrogen) atoms. The number of nitrogens with one attached hydrogen (secondary N) is 1. The largest absolute Gasteiger partial charge is 0.435 e. The van der Waals surface area contributed by atoms with Gasteiger partial charge in [0.05, 0.1) is 12.2 Å². The van der Waals surface area contributed by atoms with Crippen molar-refractivity contribution in [3.05, 3.63) is 59.5 Å². The maximum absolute atomic E-state index is 12.7. The normalized spacial score (nSPS) is 16.5. The Morgan fingerprint density at radius 1 is 1.38 bits per heavy atom. The first-order valence-corrected chi connectivity index (χ1v) is 8.28. The minimum atomic E-state index is -2.85. The van der Waals surface area contributed by atoms with Crippen molar-refractivity contribution in [1.82, 2.24) is 19.9 Å². The molecule has 0 spiro atoms. The Bertz CT molecular complexity index is 957. The molecule has 1 atom stereocenters. The molecule has 2 heterocycles. The van der Waals surface area contributed by atoms with Crippen LogP contribution in [0.4, 0.5) is 8.78 Å². The molecule has 1 N–H and O–H groups in total. The van der Waals surface area contributed by atoms with Gasteiger partial charge in [-0.05, 0) is 48.6 Å². The Kier molecular flexibility index (Phi) is 4.24. The molecule has 2 aromatic heterocycles. The zero-order valence-electron chi connectivity index (χ0n) is 13.7. The summed E-state index contributed by atoms with van der Waals surface area (Å²) in [5.41, 5.74) is 2.73. The van der Waals surface area contributed by atoms with Gasteiger partial charge in [-0.3, -0.25) is 4.79 Å². The van der Waals surface area contributed by atoms with Gasteiger partial charge in [-0.1, -0.05) is 6.07 Å². The number of benzene rings is 1. The predicted octanol–water partition coefficient (Wildman–Crippen LogP) is 3.14. The fourth-order valence-corrected chi connectivity index (χ4v) is 3.34. The number of carbonyl (C=O) groups excluding carboxylic acids is 1. The molecule has 4 rings (SSSR count). The van der Waals surface area contributed by atoms with E-state index in [4.69, 9.17) is 0 Å². The molecule has 0 saturated heterocycles. The Labute approximate surface area is 147 Å². The molecule has 0 aliphatic heterocycles. The summed E-state index contributed by atoms with van der Waals surface area (Å²) in [6.45, 7) is -2.85. The summed E-state index contributed by atoms with van der Waals surface area (Å²) in [4.78, 5) is 16.9. The maximum Gasteiger partial charge on any atom is 0.387 e. The van der Waals surface area contributed by atoms with Crippen LogP contribution in [0.1, 0.15) is 40.4 Å². The minimum absolute atomic E-state index is 0.137. The first-order valence-electron chi connectivity index (χ1n) is 8.28. The molecule has 1 amide bonds. The highest BCUT2D eigenvalue weighted by atomic mass is 19.3. The van der Waals surface area contributed by atoms with Gasteiger partial charge in [-0.2, -0.15) is 13.9 Å². The van der Waals surface area contributed by atoms with E-state index in [9.17, 15) is 13.6 Å². The number of rotatable bonds is 4. The number of amides is 1. The van der Waals surface area contributed by atoms with Gasteiger partial charge in [0.1, 0.15) is 11.3 Å². The van der Waals surface area contributed by atoms with E-state index in [1.54, 1.807) is 30.6 Å². The molecule has 6 nitrogen and oxygen atoms in total. The van der Waals surface area contributed by atoms with Crippen LogP contribution in [-0.4, -0.2) is 27.1 Å². The molecule has 0 fully saturated rings. The van der Waals surface area contributed by atoms with Crippen molar-refractivity contribution in [3.8, 4) is 5.75 Å². The fraction of sp³-hybridized carbons (Fsp3) is 0.278. The first kappa shape index (κ1) is 16.4.